The number of Topliss-reactive ketones (excluding diaryl/α,β-unsaturated/α-hetero) is 1. The van der Waals surface area contributed by atoms with Crippen LogP contribution in [0.2, 0.25) is 0 Å². The smallest absolute Gasteiger partial charge is 0.177 e. The minimum atomic E-state index is -0.113. The summed E-state index contributed by atoms with van der Waals surface area (Å²) in [5.41, 5.74) is 1.66. The second kappa shape index (κ2) is 3.00. The maximum Gasteiger partial charge on any atom is 0.177 e. The number of carbonyl (C=O) groups excluding carboxylic acids is 1. The quantitative estimate of drug-likeness (QED) is 0.691. The molecule has 68 valence electrons. The molecule has 0 spiro atoms. The second-order valence-electron chi connectivity index (χ2n) is 3.09. The number of carbonyl (C=O) groups is 1. The molecule has 1 aromatic carbocycles. The Morgan fingerprint density at radius 3 is 2.79 bits per heavy atom. The number of hydrogen-bond donors (Lipinski definition) is 1. The molecule has 14 heavy (non-hydrogen) atoms. The fourth-order valence-electron chi connectivity index (χ4n) is 1.52. The van der Waals surface area contributed by atoms with Crippen LogP contribution in [0.15, 0.2) is 24.3 Å². The van der Waals surface area contributed by atoms with Gasteiger partial charge in [-0.3, -0.25) is 4.79 Å². The molecule has 1 aromatic heterocycles. The lowest BCUT2D eigenvalue weighted by molar-refractivity contribution is 0.101. The predicted octanol–water partition coefficient (Wildman–Crippen LogP) is 2.24. The third-order valence-corrected chi connectivity index (χ3v) is 2.17. The molecule has 1 N–H and O–H groups in total. The first-order chi connectivity index (χ1) is 6.74. The van der Waals surface area contributed by atoms with Crippen LogP contribution in [0.25, 0.3) is 10.9 Å². The molecular weight excluding hydrogens is 176 g/mol. The minimum absolute atomic E-state index is 0.113. The molecule has 0 atom stereocenters. The van der Waals surface area contributed by atoms with Gasteiger partial charge in [0.25, 0.3) is 0 Å². The molecule has 0 radical (unpaired) electrons. The summed E-state index contributed by atoms with van der Waals surface area (Å²) in [5.74, 6) is -0.113. The fraction of sp³-hybridized carbons (Fsp3) is 0.0909. The van der Waals surface area contributed by atoms with Crippen LogP contribution in [0.5, 0.6) is 0 Å². The van der Waals surface area contributed by atoms with E-state index in [-0.39, 0.29) is 5.78 Å². The van der Waals surface area contributed by atoms with Gasteiger partial charge in [0.2, 0.25) is 0 Å². The third-order valence-electron chi connectivity index (χ3n) is 2.17. The van der Waals surface area contributed by atoms with Crippen molar-refractivity contribution in [3.8, 4) is 6.07 Å². The van der Waals surface area contributed by atoms with Gasteiger partial charge >= 0.3 is 0 Å². The lowest BCUT2D eigenvalue weighted by Crippen LogP contribution is -1.94. The number of fused-ring (bicyclic) bond motifs is 1. The van der Waals surface area contributed by atoms with E-state index in [9.17, 15) is 4.79 Å². The zero-order valence-corrected chi connectivity index (χ0v) is 7.66. The van der Waals surface area contributed by atoms with Crippen molar-refractivity contribution in [2.75, 3.05) is 0 Å². The zero-order chi connectivity index (χ0) is 10.1. The van der Waals surface area contributed by atoms with Gasteiger partial charge in [-0.1, -0.05) is 18.2 Å². The van der Waals surface area contributed by atoms with Crippen molar-refractivity contribution < 1.29 is 4.79 Å². The highest BCUT2D eigenvalue weighted by atomic mass is 16.1. The summed E-state index contributed by atoms with van der Waals surface area (Å²) in [6.07, 6.45) is 0. The molecule has 0 aliphatic rings. The van der Waals surface area contributed by atoms with Crippen LogP contribution in [0, 0.1) is 11.3 Å². The van der Waals surface area contributed by atoms with E-state index >= 15 is 0 Å². The highest BCUT2D eigenvalue weighted by Crippen LogP contribution is 2.21. The molecule has 2 rings (SSSR count). The SMILES string of the molecule is CC(=O)c1[nH]c2ccccc2c1C#N. The zero-order valence-electron chi connectivity index (χ0n) is 7.66. The van der Waals surface area contributed by atoms with Gasteiger partial charge in [-0.2, -0.15) is 5.26 Å². The van der Waals surface area contributed by atoms with Gasteiger partial charge in [-0.25, -0.2) is 0 Å². The molecule has 0 bridgehead atoms. The number of H-pyrrole nitrogens is 1. The molecule has 0 saturated carbocycles. The number of nitrogens with one attached hydrogen (secondary N) is 1. The molecule has 0 amide bonds. The van der Waals surface area contributed by atoms with Crippen molar-refractivity contribution in [2.45, 2.75) is 6.92 Å². The Morgan fingerprint density at radius 2 is 2.14 bits per heavy atom. The van der Waals surface area contributed by atoms with Crippen LogP contribution in [0.4, 0.5) is 0 Å². The minimum Gasteiger partial charge on any atom is -0.351 e. The molecule has 0 fully saturated rings. The molecule has 3 heteroatoms. The Labute approximate surface area is 81.0 Å². The van der Waals surface area contributed by atoms with Gasteiger partial charge < -0.3 is 4.98 Å². The summed E-state index contributed by atoms with van der Waals surface area (Å²) in [7, 11) is 0. The summed E-state index contributed by atoms with van der Waals surface area (Å²) in [4.78, 5) is 14.2. The van der Waals surface area contributed by atoms with E-state index in [4.69, 9.17) is 5.26 Å². The van der Waals surface area contributed by atoms with E-state index in [1.165, 1.54) is 6.92 Å². The van der Waals surface area contributed by atoms with E-state index in [0.29, 0.717) is 11.3 Å². The van der Waals surface area contributed by atoms with E-state index in [1.54, 1.807) is 0 Å². The number of nitrogens with zero attached hydrogens (tertiary/aromatic N) is 1. The molecule has 3 nitrogen and oxygen atoms in total. The van der Waals surface area contributed by atoms with Gasteiger partial charge in [0.15, 0.2) is 5.78 Å². The van der Waals surface area contributed by atoms with E-state index < -0.39 is 0 Å². The van der Waals surface area contributed by atoms with E-state index in [2.05, 4.69) is 4.98 Å². The number of hydrogen-bond acceptors (Lipinski definition) is 2. The first kappa shape index (κ1) is 8.52. The van der Waals surface area contributed by atoms with E-state index in [1.807, 2.05) is 30.3 Å². The largest absolute Gasteiger partial charge is 0.351 e. The number of nitriles is 1. The summed E-state index contributed by atoms with van der Waals surface area (Å²) in [5, 5.41) is 9.74. The molecule has 0 aliphatic carbocycles. The Hall–Kier alpha value is -2.08. The average molecular weight is 184 g/mol. The van der Waals surface area contributed by atoms with Gasteiger partial charge in [-0.15, -0.1) is 0 Å². The number of rotatable bonds is 1. The van der Waals surface area contributed by atoms with Crippen LogP contribution in [0.1, 0.15) is 23.0 Å². The normalized spacial score (nSPS) is 10.0. The number of aromatic nitrogens is 1. The molecular formula is C11H8N2O. The van der Waals surface area contributed by atoms with E-state index in [0.717, 1.165) is 10.9 Å². The molecule has 0 unspecified atom stereocenters. The summed E-state index contributed by atoms with van der Waals surface area (Å²) < 4.78 is 0. The Kier molecular flexibility index (Phi) is 1.83. The van der Waals surface area contributed by atoms with Crippen LogP contribution in [-0.4, -0.2) is 10.8 Å². The second-order valence-corrected chi connectivity index (χ2v) is 3.09. The van der Waals surface area contributed by atoms with Crippen molar-refractivity contribution in [3.05, 3.63) is 35.5 Å². The van der Waals surface area contributed by atoms with Crippen molar-refractivity contribution in [1.82, 2.24) is 4.98 Å². The van der Waals surface area contributed by atoms with Crippen molar-refractivity contribution in [2.24, 2.45) is 0 Å². The third kappa shape index (κ3) is 1.09. The maximum atomic E-state index is 11.2. The average Bonchev–Trinajstić information content (AvgIpc) is 2.56. The summed E-state index contributed by atoms with van der Waals surface area (Å²) >= 11 is 0. The summed E-state index contributed by atoms with van der Waals surface area (Å²) in [6, 6.07) is 9.44. The molecule has 2 aromatic rings. The van der Waals surface area contributed by atoms with Crippen molar-refractivity contribution >= 4 is 16.7 Å². The highest BCUT2D eigenvalue weighted by molar-refractivity contribution is 6.02. The monoisotopic (exact) mass is 184 g/mol. The number of aromatic amines is 1. The fourth-order valence-corrected chi connectivity index (χ4v) is 1.52. The molecule has 0 aliphatic heterocycles. The lowest BCUT2D eigenvalue weighted by atomic mass is 10.1. The first-order valence-corrected chi connectivity index (χ1v) is 4.26. The Bertz CT molecular complexity index is 546. The van der Waals surface area contributed by atoms with Crippen LogP contribution >= 0.6 is 0 Å². The first-order valence-electron chi connectivity index (χ1n) is 4.26. The number of para-hydroxylation sites is 1. The van der Waals surface area contributed by atoms with Gasteiger partial charge in [-0.05, 0) is 6.07 Å². The topological polar surface area (TPSA) is 56.6 Å². The number of benzene rings is 1. The molecule has 1 heterocycles. The van der Waals surface area contributed by atoms with Gasteiger partial charge in [0.05, 0.1) is 5.56 Å². The van der Waals surface area contributed by atoms with Gasteiger partial charge in [0.1, 0.15) is 11.8 Å². The maximum absolute atomic E-state index is 11.2. The lowest BCUT2D eigenvalue weighted by Gasteiger charge is -1.88. The predicted molar refractivity (Wildman–Crippen MR) is 53.0 cm³/mol. The number of ketones is 1. The van der Waals surface area contributed by atoms with Crippen molar-refractivity contribution in [3.63, 3.8) is 0 Å². The van der Waals surface area contributed by atoms with Crippen molar-refractivity contribution in [1.29, 1.82) is 5.26 Å². The summed E-state index contributed by atoms with van der Waals surface area (Å²) in [6.45, 7) is 1.45. The van der Waals surface area contributed by atoms with Crippen LogP contribution in [0.3, 0.4) is 0 Å². The Balaban J connectivity index is 2.87. The highest BCUT2D eigenvalue weighted by Gasteiger charge is 2.13. The van der Waals surface area contributed by atoms with Gasteiger partial charge in [0, 0.05) is 17.8 Å². The molecule has 0 saturated heterocycles. The Morgan fingerprint density at radius 1 is 1.43 bits per heavy atom. The van der Waals surface area contributed by atoms with Crippen LogP contribution < -0.4 is 0 Å². The van der Waals surface area contributed by atoms with Crippen LogP contribution in [-0.2, 0) is 0 Å². The standard InChI is InChI=1S/C11H8N2O/c1-7(14)11-9(6-12)8-4-2-3-5-10(8)13-11/h2-5,13H,1H3.